The molecule has 0 aromatic heterocycles. The van der Waals surface area contributed by atoms with E-state index in [0.717, 1.165) is 17.2 Å². The zero-order chi connectivity index (χ0) is 16.8. The molecule has 120 valence electrons. The van der Waals surface area contributed by atoms with Crippen molar-refractivity contribution in [1.82, 2.24) is 0 Å². The van der Waals surface area contributed by atoms with Crippen LogP contribution in [0, 0.1) is 12.7 Å². The van der Waals surface area contributed by atoms with Crippen LogP contribution in [0.2, 0.25) is 5.02 Å². The summed E-state index contributed by atoms with van der Waals surface area (Å²) in [7, 11) is 0. The van der Waals surface area contributed by atoms with Crippen LogP contribution < -0.4 is 5.32 Å². The molecule has 0 atom stereocenters. The number of nitrogens with one attached hydrogen (secondary N) is 1. The van der Waals surface area contributed by atoms with E-state index in [4.69, 9.17) is 16.3 Å². The first-order valence-corrected chi connectivity index (χ1v) is 7.28. The minimum Gasteiger partial charge on any atom is -0.455 e. The topological polar surface area (TPSA) is 55.4 Å². The van der Waals surface area contributed by atoms with Gasteiger partial charge in [-0.2, -0.15) is 0 Å². The molecule has 0 saturated carbocycles. The summed E-state index contributed by atoms with van der Waals surface area (Å²) in [6.07, 6.45) is 0.0790. The number of aryl methyl sites for hydroxylation is 1. The van der Waals surface area contributed by atoms with Crippen molar-refractivity contribution in [2.24, 2.45) is 0 Å². The summed E-state index contributed by atoms with van der Waals surface area (Å²) < 4.78 is 18.0. The van der Waals surface area contributed by atoms with E-state index in [9.17, 15) is 14.0 Å². The third kappa shape index (κ3) is 5.38. The molecule has 2 aromatic carbocycles. The summed E-state index contributed by atoms with van der Waals surface area (Å²) in [5.74, 6) is -1.63. The number of hydrogen-bond donors (Lipinski definition) is 1. The Morgan fingerprint density at radius 1 is 1.22 bits per heavy atom. The quantitative estimate of drug-likeness (QED) is 0.851. The fourth-order valence-electron chi connectivity index (χ4n) is 1.97. The molecule has 1 amide bonds. The molecule has 2 rings (SSSR count). The lowest BCUT2D eigenvalue weighted by Crippen LogP contribution is -2.21. The molecule has 0 bridgehead atoms. The van der Waals surface area contributed by atoms with Gasteiger partial charge in [0.1, 0.15) is 5.82 Å². The lowest BCUT2D eigenvalue weighted by molar-refractivity contribution is -0.146. The Morgan fingerprint density at radius 3 is 2.74 bits per heavy atom. The minimum atomic E-state index is -0.588. The van der Waals surface area contributed by atoms with E-state index in [1.54, 1.807) is 6.07 Å². The Balaban J connectivity index is 1.84. The third-order valence-corrected chi connectivity index (χ3v) is 3.33. The van der Waals surface area contributed by atoms with Gasteiger partial charge < -0.3 is 10.1 Å². The van der Waals surface area contributed by atoms with Gasteiger partial charge in [-0.1, -0.05) is 41.4 Å². The summed E-state index contributed by atoms with van der Waals surface area (Å²) >= 11 is 5.84. The maximum absolute atomic E-state index is 13.1. The molecule has 0 aliphatic rings. The van der Waals surface area contributed by atoms with Gasteiger partial charge in [-0.05, 0) is 30.7 Å². The fourth-order valence-corrected chi connectivity index (χ4v) is 2.13. The van der Waals surface area contributed by atoms with Crippen LogP contribution in [0.25, 0.3) is 0 Å². The number of halogens is 2. The zero-order valence-electron chi connectivity index (χ0n) is 12.4. The maximum Gasteiger partial charge on any atom is 0.310 e. The number of ether oxygens (including phenoxy) is 1. The SMILES string of the molecule is Cc1cccc(CC(=O)OCC(=O)Nc2cc(F)ccc2Cl)c1. The highest BCUT2D eigenvalue weighted by atomic mass is 35.5. The number of amides is 1. The van der Waals surface area contributed by atoms with Gasteiger partial charge in [0.2, 0.25) is 0 Å². The predicted molar refractivity (Wildman–Crippen MR) is 85.9 cm³/mol. The van der Waals surface area contributed by atoms with E-state index < -0.39 is 24.3 Å². The Hall–Kier alpha value is -2.40. The average molecular weight is 336 g/mol. The van der Waals surface area contributed by atoms with Gasteiger partial charge in [0.15, 0.2) is 6.61 Å². The third-order valence-electron chi connectivity index (χ3n) is 3.00. The number of esters is 1. The van der Waals surface area contributed by atoms with E-state index in [1.807, 2.05) is 25.1 Å². The predicted octanol–water partition coefficient (Wildman–Crippen LogP) is 3.51. The second kappa shape index (κ2) is 7.74. The molecule has 0 heterocycles. The molecular formula is C17H15ClFNO3. The molecule has 4 nitrogen and oxygen atoms in total. The molecule has 0 aliphatic carbocycles. The number of anilines is 1. The summed E-state index contributed by atoms with van der Waals surface area (Å²) in [6.45, 7) is 1.46. The second-order valence-electron chi connectivity index (χ2n) is 5.00. The van der Waals surface area contributed by atoms with Crippen LogP contribution in [0.3, 0.4) is 0 Å². The van der Waals surface area contributed by atoms with E-state index in [-0.39, 0.29) is 17.1 Å². The first kappa shape index (κ1) is 17.0. The number of benzene rings is 2. The van der Waals surface area contributed by atoms with Crippen LogP contribution in [-0.4, -0.2) is 18.5 Å². The highest BCUT2D eigenvalue weighted by molar-refractivity contribution is 6.33. The average Bonchev–Trinajstić information content (AvgIpc) is 2.49. The van der Waals surface area contributed by atoms with Gasteiger partial charge in [-0.3, -0.25) is 9.59 Å². The molecule has 0 saturated heterocycles. The van der Waals surface area contributed by atoms with Crippen LogP contribution in [0.15, 0.2) is 42.5 Å². The summed E-state index contributed by atoms with van der Waals surface area (Å²) in [4.78, 5) is 23.4. The standard InChI is InChI=1S/C17H15ClFNO3/c1-11-3-2-4-12(7-11)8-17(22)23-10-16(21)20-15-9-13(19)5-6-14(15)18/h2-7,9H,8,10H2,1H3,(H,20,21). The first-order chi connectivity index (χ1) is 10.9. The molecule has 6 heteroatoms. The summed E-state index contributed by atoms with van der Waals surface area (Å²) in [5, 5.41) is 2.59. The first-order valence-electron chi connectivity index (χ1n) is 6.90. The lowest BCUT2D eigenvalue weighted by atomic mass is 10.1. The molecule has 1 N–H and O–H groups in total. The van der Waals surface area contributed by atoms with Crippen LogP contribution >= 0.6 is 11.6 Å². The Bertz CT molecular complexity index is 734. The van der Waals surface area contributed by atoms with Gasteiger partial charge in [-0.15, -0.1) is 0 Å². The van der Waals surface area contributed by atoms with E-state index >= 15 is 0 Å². The number of hydrogen-bond acceptors (Lipinski definition) is 3. The minimum absolute atomic E-state index is 0.0790. The Kier molecular flexibility index (Phi) is 5.71. The largest absolute Gasteiger partial charge is 0.455 e. The highest BCUT2D eigenvalue weighted by Gasteiger charge is 2.11. The maximum atomic E-state index is 13.1. The number of carbonyl (C=O) groups is 2. The smallest absolute Gasteiger partial charge is 0.310 e. The van der Waals surface area contributed by atoms with Gasteiger partial charge in [0.05, 0.1) is 17.1 Å². The Morgan fingerprint density at radius 2 is 2.00 bits per heavy atom. The fraction of sp³-hybridized carbons (Fsp3) is 0.176. The second-order valence-corrected chi connectivity index (χ2v) is 5.41. The van der Waals surface area contributed by atoms with Crippen molar-refractivity contribution in [3.8, 4) is 0 Å². The molecule has 0 spiro atoms. The molecule has 0 radical (unpaired) electrons. The van der Waals surface area contributed by atoms with Gasteiger partial charge in [0.25, 0.3) is 5.91 Å². The van der Waals surface area contributed by atoms with Gasteiger partial charge in [0, 0.05) is 0 Å². The summed E-state index contributed by atoms with van der Waals surface area (Å²) in [6, 6.07) is 11.0. The van der Waals surface area contributed by atoms with Crippen molar-refractivity contribution in [2.75, 3.05) is 11.9 Å². The lowest BCUT2D eigenvalue weighted by Gasteiger charge is -2.08. The zero-order valence-corrected chi connectivity index (χ0v) is 13.2. The van der Waals surface area contributed by atoms with Crippen molar-refractivity contribution in [3.05, 3.63) is 64.4 Å². The van der Waals surface area contributed by atoms with Crippen LogP contribution in [0.1, 0.15) is 11.1 Å². The highest BCUT2D eigenvalue weighted by Crippen LogP contribution is 2.22. The Labute approximate surface area is 138 Å². The molecule has 23 heavy (non-hydrogen) atoms. The van der Waals surface area contributed by atoms with Gasteiger partial charge in [-0.25, -0.2) is 4.39 Å². The van der Waals surface area contributed by atoms with E-state index in [2.05, 4.69) is 5.32 Å². The van der Waals surface area contributed by atoms with E-state index in [0.29, 0.717) is 0 Å². The molecule has 2 aromatic rings. The molecule has 0 unspecified atom stereocenters. The normalized spacial score (nSPS) is 10.2. The van der Waals surface area contributed by atoms with Crippen LogP contribution in [-0.2, 0) is 20.7 Å². The van der Waals surface area contributed by atoms with Crippen molar-refractivity contribution < 1.29 is 18.7 Å². The molecule has 0 fully saturated rings. The van der Waals surface area contributed by atoms with Crippen molar-refractivity contribution in [1.29, 1.82) is 0 Å². The number of rotatable bonds is 5. The van der Waals surface area contributed by atoms with E-state index in [1.165, 1.54) is 12.1 Å². The van der Waals surface area contributed by atoms with Crippen LogP contribution in [0.5, 0.6) is 0 Å². The number of carbonyl (C=O) groups excluding carboxylic acids is 2. The van der Waals surface area contributed by atoms with Crippen molar-refractivity contribution >= 4 is 29.2 Å². The van der Waals surface area contributed by atoms with Crippen molar-refractivity contribution in [2.45, 2.75) is 13.3 Å². The van der Waals surface area contributed by atoms with Gasteiger partial charge >= 0.3 is 5.97 Å². The summed E-state index contributed by atoms with van der Waals surface area (Å²) in [5.41, 5.74) is 1.98. The van der Waals surface area contributed by atoms with Crippen LogP contribution in [0.4, 0.5) is 10.1 Å². The van der Waals surface area contributed by atoms with Crippen molar-refractivity contribution in [3.63, 3.8) is 0 Å². The molecule has 0 aliphatic heterocycles. The molecular weight excluding hydrogens is 321 g/mol. The monoisotopic (exact) mass is 335 g/mol.